The van der Waals surface area contributed by atoms with Gasteiger partial charge in [-0.2, -0.15) is 0 Å². The minimum atomic E-state index is -1.55. The summed E-state index contributed by atoms with van der Waals surface area (Å²) < 4.78 is 7.10. The minimum Gasteiger partial charge on any atom is -0.387 e. The molecule has 9 atom stereocenters. The van der Waals surface area contributed by atoms with Crippen molar-refractivity contribution < 1.29 is 53.3 Å². The van der Waals surface area contributed by atoms with Gasteiger partial charge in [0.05, 0.1) is 6.33 Å². The molecule has 3 rings (SSSR count). The number of ether oxygens (including phenoxy) is 1. The number of carbonyl (C=O) groups excluding carboxylic acids is 8. The number of amides is 8. The van der Waals surface area contributed by atoms with Crippen LogP contribution in [0.2, 0.25) is 0 Å². The Kier molecular flexibility index (Phi) is 33.8. The van der Waals surface area contributed by atoms with Gasteiger partial charge in [0.15, 0.2) is 47.6 Å². The van der Waals surface area contributed by atoms with E-state index in [9.17, 15) is 48.6 Å². The molecule has 1 fully saturated rings. The molecule has 0 aromatic carbocycles. The molecule has 37 nitrogen and oxygen atoms in total. The Balaban J connectivity index is 1.54. The minimum absolute atomic E-state index is 0.0180. The van der Waals surface area contributed by atoms with Gasteiger partial charge in [-0.25, -0.2) is 15.0 Å². The highest BCUT2D eigenvalue weighted by Gasteiger charge is 2.48. The summed E-state index contributed by atoms with van der Waals surface area (Å²) in [5, 5.41) is 40.4. The van der Waals surface area contributed by atoms with Crippen LogP contribution in [0.4, 0.5) is 5.82 Å². The molecule has 31 N–H and O–H groups in total. The summed E-state index contributed by atoms with van der Waals surface area (Å²) in [6, 6.07) is -5.79. The van der Waals surface area contributed by atoms with Crippen LogP contribution in [0.15, 0.2) is 32.6 Å². The Morgan fingerprint density at radius 3 is 1.39 bits per heavy atom. The van der Waals surface area contributed by atoms with Gasteiger partial charge in [0.2, 0.25) is 41.4 Å². The van der Waals surface area contributed by atoms with Crippen molar-refractivity contribution in [2.45, 2.75) is 177 Å². The number of carbonyl (C=O) groups is 8. The number of aliphatic imine (C=N–C) groups is 4. The topological polar surface area (TPSA) is 650 Å². The molecule has 0 radical (unpaired) electrons. The van der Waals surface area contributed by atoms with E-state index in [0.29, 0.717) is 64.3 Å². The van der Waals surface area contributed by atoms with Crippen molar-refractivity contribution in [3.63, 3.8) is 0 Å². The van der Waals surface area contributed by atoms with Gasteiger partial charge in [-0.3, -0.25) is 62.9 Å². The molecular formula is C52H94N26O11. The number of guanidine groups is 4. The van der Waals surface area contributed by atoms with E-state index < -0.39 is 90.2 Å². The van der Waals surface area contributed by atoms with Crippen LogP contribution in [0.25, 0.3) is 11.2 Å². The van der Waals surface area contributed by atoms with Crippen LogP contribution in [0.3, 0.4) is 0 Å². The van der Waals surface area contributed by atoms with Crippen molar-refractivity contribution in [1.82, 2.24) is 56.7 Å². The lowest BCUT2D eigenvalue weighted by molar-refractivity contribution is -0.137. The van der Waals surface area contributed by atoms with Crippen LogP contribution in [-0.4, -0.2) is 195 Å². The molecule has 0 aliphatic carbocycles. The van der Waals surface area contributed by atoms with E-state index in [1.54, 1.807) is 0 Å². The Morgan fingerprint density at radius 1 is 0.506 bits per heavy atom. The number of nitrogens with one attached hydrogen (secondary N) is 7. The third kappa shape index (κ3) is 28.2. The summed E-state index contributed by atoms with van der Waals surface area (Å²) in [5.41, 5.74) is 61.5. The molecule has 8 amide bonds. The van der Waals surface area contributed by atoms with Gasteiger partial charge in [-0.1, -0.05) is 12.8 Å². The summed E-state index contributed by atoms with van der Waals surface area (Å²) in [5.74, 6) is -5.68. The first-order valence-electron chi connectivity index (χ1n) is 29.6. The maximum atomic E-state index is 14.1. The zero-order chi connectivity index (χ0) is 65.8. The lowest BCUT2D eigenvalue weighted by atomic mass is 10.0. The second kappa shape index (κ2) is 40.5. The van der Waals surface area contributed by atoms with Gasteiger partial charge in [0.25, 0.3) is 5.91 Å². The van der Waals surface area contributed by atoms with Gasteiger partial charge >= 0.3 is 0 Å². The number of hydrogen-bond acceptors (Lipinski definition) is 20. The first-order valence-corrected chi connectivity index (χ1v) is 29.6. The molecule has 498 valence electrons. The van der Waals surface area contributed by atoms with E-state index in [0.717, 1.165) is 0 Å². The van der Waals surface area contributed by atoms with E-state index in [4.69, 9.17) is 67.8 Å². The summed E-state index contributed by atoms with van der Waals surface area (Å²) in [6.07, 6.45) is 2.28. The number of imidazole rings is 1. The third-order valence-corrected chi connectivity index (χ3v) is 13.9. The smallest absolute Gasteiger partial charge is 0.252 e. The standard InChI is InChI=1S/C52H94N26O11/c53-20-6-5-13-30(73-34(79)18-4-2-8-22-65-47(88)39-37(81)38(82)48(89-39)78-28-72-36-40(54)70-27-71-42(36)78)43(84)64-21-7-1-3-19-35(80)74-31(15-10-24-67-50(58)59)44(85)76-33(17-12-26-69-52(62)63)46(87)77-32(16-11-25-68-51(60)61)45(86)75-29(41(55)83)14-9-23-66-49(56)57/h27-33,37-39,48,81-82H,1-26,53H2,(H2,55,83)(H,64,84)(H,65,88)(H,73,79)(H,74,80)(H,75,86)(H,76,85)(H,77,87)(H2,54,70,71)(H4,56,57,66)(H4,58,59,67)(H4,60,61,68)(H4,62,63,69)/t29-,30-,31-,32-,33-,37+,38-,39+,48-/m1/s1. The number of unbranched alkanes of at least 4 members (excludes halogenated alkanes) is 5. The second-order valence-corrected chi connectivity index (χ2v) is 21.1. The average molecular weight is 1260 g/mol. The number of nitrogen functional groups attached to an aromatic ring is 1. The fourth-order valence-electron chi connectivity index (χ4n) is 9.20. The van der Waals surface area contributed by atoms with Gasteiger partial charge < -0.3 is 115 Å². The van der Waals surface area contributed by atoms with Crippen molar-refractivity contribution in [2.24, 2.45) is 77.3 Å². The zero-order valence-electron chi connectivity index (χ0n) is 50.2. The molecule has 0 spiro atoms. The zero-order valence-corrected chi connectivity index (χ0v) is 50.2. The number of hydrogen-bond donors (Lipinski definition) is 20. The molecule has 1 saturated heterocycles. The van der Waals surface area contributed by atoms with Crippen LogP contribution >= 0.6 is 0 Å². The Bertz CT molecular complexity index is 2710. The molecule has 37 heteroatoms. The molecule has 2 aromatic heterocycles. The van der Waals surface area contributed by atoms with Crippen molar-refractivity contribution in [3.8, 4) is 0 Å². The Morgan fingerprint density at radius 2 is 0.933 bits per heavy atom. The molecule has 1 aliphatic heterocycles. The van der Waals surface area contributed by atoms with E-state index in [2.05, 4.69) is 72.1 Å². The van der Waals surface area contributed by atoms with Crippen molar-refractivity contribution in [1.29, 1.82) is 0 Å². The quantitative estimate of drug-likeness (QED) is 0.0166. The van der Waals surface area contributed by atoms with E-state index in [-0.39, 0.29) is 156 Å². The highest BCUT2D eigenvalue weighted by Crippen LogP contribution is 2.32. The SMILES string of the molecule is NCCCC[C@@H](NC(=O)CCCCCNC(=O)[C@H]1O[C@@H](n2cnc3c(N)ncnc32)[C@H](O)[C@@H]1O)C(=O)NCCCCCC(=O)N[C@H](CCCN=C(N)N)C(=O)N[C@H](CCCN=C(N)N)C(=O)N[C@H](CCCN=C(N)N)C(=O)N[C@H](CCCN=C(N)N)C(N)=O. The second-order valence-electron chi connectivity index (χ2n) is 21.1. The number of rotatable bonds is 44. The number of anilines is 1. The number of aliphatic hydroxyl groups excluding tert-OH is 2. The summed E-state index contributed by atoms with van der Waals surface area (Å²) in [6.45, 7) is 1.22. The average Bonchev–Trinajstić information content (AvgIpc) is 1.80. The third-order valence-electron chi connectivity index (χ3n) is 13.9. The summed E-state index contributed by atoms with van der Waals surface area (Å²) in [4.78, 5) is 135. The highest BCUT2D eigenvalue weighted by molar-refractivity contribution is 5.95. The summed E-state index contributed by atoms with van der Waals surface area (Å²) >= 11 is 0. The number of primary amides is 1. The monoisotopic (exact) mass is 1260 g/mol. The molecule has 89 heavy (non-hydrogen) atoms. The molecule has 1 aliphatic rings. The van der Waals surface area contributed by atoms with Gasteiger partial charge in [-0.15, -0.1) is 0 Å². The molecule has 0 unspecified atom stereocenters. The number of aliphatic hydroxyl groups is 2. The largest absolute Gasteiger partial charge is 0.387 e. The molecular weight excluding hydrogens is 1160 g/mol. The van der Waals surface area contributed by atoms with Crippen molar-refractivity contribution >= 4 is 88.1 Å². The molecule has 0 bridgehead atoms. The maximum absolute atomic E-state index is 14.1. The van der Waals surface area contributed by atoms with Gasteiger partial charge in [0, 0.05) is 52.1 Å². The predicted molar refractivity (Wildman–Crippen MR) is 330 cm³/mol. The Hall–Kier alpha value is -8.97. The maximum Gasteiger partial charge on any atom is 0.252 e. The Labute approximate surface area is 515 Å². The van der Waals surface area contributed by atoms with Crippen LogP contribution in [0.5, 0.6) is 0 Å². The highest BCUT2D eigenvalue weighted by atomic mass is 16.6. The first kappa shape index (κ1) is 74.3. The van der Waals surface area contributed by atoms with Crippen molar-refractivity contribution in [2.75, 3.05) is 51.5 Å². The number of nitrogens with zero attached hydrogens (tertiary/aromatic N) is 8. The summed E-state index contributed by atoms with van der Waals surface area (Å²) in [7, 11) is 0. The van der Waals surface area contributed by atoms with Crippen LogP contribution in [-0.2, 0) is 43.1 Å². The van der Waals surface area contributed by atoms with Crippen LogP contribution in [0, 0.1) is 0 Å². The predicted octanol–water partition coefficient (Wildman–Crippen LogP) is -7.37. The first-order chi connectivity index (χ1) is 42.4. The van der Waals surface area contributed by atoms with E-state index in [1.807, 2.05) is 0 Å². The molecule has 0 saturated carbocycles. The van der Waals surface area contributed by atoms with Gasteiger partial charge in [-0.05, 0) is 103 Å². The van der Waals surface area contributed by atoms with Crippen molar-refractivity contribution in [3.05, 3.63) is 12.7 Å². The fourth-order valence-corrected chi connectivity index (χ4v) is 9.20. The molecule has 2 aromatic rings. The normalized spacial score (nSPS) is 16.8. The molecule has 3 heterocycles. The number of fused-ring (bicyclic) bond motifs is 1. The van der Waals surface area contributed by atoms with Gasteiger partial charge in [0.1, 0.15) is 54.3 Å². The van der Waals surface area contributed by atoms with Crippen LogP contribution < -0.4 is 100 Å². The lowest BCUT2D eigenvalue weighted by Gasteiger charge is -2.26. The van der Waals surface area contributed by atoms with E-state index >= 15 is 0 Å². The fraction of sp³-hybridized carbons (Fsp3) is 0.673. The number of nitrogens with two attached hydrogens (primary N) is 11. The van der Waals surface area contributed by atoms with E-state index in [1.165, 1.54) is 17.2 Å². The lowest BCUT2D eigenvalue weighted by Crippen LogP contribution is -2.58. The van der Waals surface area contributed by atoms with Crippen LogP contribution in [0.1, 0.15) is 128 Å². The number of aromatic nitrogens is 4.